The van der Waals surface area contributed by atoms with Crippen LogP contribution in [0.4, 0.5) is 11.5 Å². The van der Waals surface area contributed by atoms with Crippen LogP contribution < -0.4 is 11.1 Å². The Morgan fingerprint density at radius 1 is 1.42 bits per heavy atom. The third-order valence-electron chi connectivity index (χ3n) is 2.91. The molecule has 0 amide bonds. The van der Waals surface area contributed by atoms with Gasteiger partial charge in [0.25, 0.3) is 0 Å². The number of nitrogens with two attached hydrogens (primary N) is 1. The summed E-state index contributed by atoms with van der Waals surface area (Å²) < 4.78 is 4.75. The van der Waals surface area contributed by atoms with Crippen molar-refractivity contribution in [2.75, 3.05) is 18.2 Å². The molecule has 0 bridgehead atoms. The topological polar surface area (TPSA) is 77.2 Å². The van der Waals surface area contributed by atoms with Gasteiger partial charge in [-0.25, -0.2) is 9.78 Å². The Bertz CT molecular complexity index is 433. The monoisotopic (exact) mass is 265 g/mol. The number of ether oxygens (including phenoxy) is 1. The number of aromatic nitrogens is 1. The van der Waals surface area contributed by atoms with Crippen LogP contribution in [0.1, 0.15) is 44.0 Å². The molecule has 0 radical (unpaired) electrons. The smallest absolute Gasteiger partial charge is 0.340 e. The molecule has 3 N–H and O–H groups in total. The van der Waals surface area contributed by atoms with Crippen LogP contribution in [-0.4, -0.2) is 24.1 Å². The molecule has 1 aromatic heterocycles. The number of anilines is 2. The van der Waals surface area contributed by atoms with E-state index in [1.807, 2.05) is 0 Å². The van der Waals surface area contributed by atoms with Gasteiger partial charge >= 0.3 is 5.97 Å². The molecular weight excluding hydrogens is 242 g/mol. The van der Waals surface area contributed by atoms with Crippen molar-refractivity contribution in [2.24, 2.45) is 5.92 Å². The maximum absolute atomic E-state index is 11.7. The number of hydrogen-bond acceptors (Lipinski definition) is 5. The molecular formula is C14H23N3O2. The molecule has 0 aromatic carbocycles. The molecule has 1 rings (SSSR count). The number of rotatable bonds is 6. The minimum atomic E-state index is -0.410. The quantitative estimate of drug-likeness (QED) is 0.773. The third kappa shape index (κ3) is 4.77. The standard InChI is InChI=1S/C14H23N3O2/c1-9(2)5-6-10(3)17-12-8-16-13(15)7-11(12)14(18)19-4/h7-10,17H,5-6H2,1-4H3,(H2,15,16). The molecule has 0 aliphatic carbocycles. The zero-order chi connectivity index (χ0) is 14.4. The summed E-state index contributed by atoms with van der Waals surface area (Å²) in [5.41, 5.74) is 6.69. The van der Waals surface area contributed by atoms with Crippen molar-refractivity contribution >= 4 is 17.5 Å². The first-order chi connectivity index (χ1) is 8.93. The zero-order valence-corrected chi connectivity index (χ0v) is 12.1. The summed E-state index contributed by atoms with van der Waals surface area (Å²) in [5.74, 6) is 0.558. The molecule has 5 heteroatoms. The minimum absolute atomic E-state index is 0.260. The van der Waals surface area contributed by atoms with Crippen molar-refractivity contribution < 1.29 is 9.53 Å². The van der Waals surface area contributed by atoms with E-state index in [9.17, 15) is 4.79 Å². The molecule has 1 heterocycles. The first-order valence-corrected chi connectivity index (χ1v) is 6.54. The third-order valence-corrected chi connectivity index (χ3v) is 2.91. The van der Waals surface area contributed by atoms with Gasteiger partial charge in [-0.15, -0.1) is 0 Å². The molecule has 0 fully saturated rings. The van der Waals surface area contributed by atoms with Gasteiger partial charge in [-0.1, -0.05) is 13.8 Å². The van der Waals surface area contributed by atoms with Crippen LogP contribution in [0.25, 0.3) is 0 Å². The number of methoxy groups -OCH3 is 1. The minimum Gasteiger partial charge on any atom is -0.465 e. The number of carbonyl (C=O) groups excluding carboxylic acids is 1. The second-order valence-electron chi connectivity index (χ2n) is 5.16. The second-order valence-corrected chi connectivity index (χ2v) is 5.16. The summed E-state index contributed by atoms with van der Waals surface area (Å²) in [5, 5.41) is 3.29. The van der Waals surface area contributed by atoms with Crippen molar-refractivity contribution in [1.29, 1.82) is 0 Å². The first kappa shape index (κ1) is 15.3. The molecule has 0 aliphatic heterocycles. The van der Waals surface area contributed by atoms with E-state index in [-0.39, 0.29) is 6.04 Å². The Morgan fingerprint density at radius 3 is 2.68 bits per heavy atom. The summed E-state index contributed by atoms with van der Waals surface area (Å²) in [6.45, 7) is 6.47. The van der Waals surface area contributed by atoms with E-state index in [1.54, 1.807) is 6.20 Å². The molecule has 0 aliphatic rings. The molecule has 106 valence electrons. The molecule has 19 heavy (non-hydrogen) atoms. The number of nitrogens with zero attached hydrogens (tertiary/aromatic N) is 1. The fourth-order valence-corrected chi connectivity index (χ4v) is 1.79. The molecule has 1 unspecified atom stereocenters. The van der Waals surface area contributed by atoms with Gasteiger partial charge in [-0.2, -0.15) is 0 Å². The van der Waals surface area contributed by atoms with E-state index in [0.717, 1.165) is 12.8 Å². The highest BCUT2D eigenvalue weighted by Gasteiger charge is 2.14. The van der Waals surface area contributed by atoms with Gasteiger partial charge < -0.3 is 15.8 Å². The lowest BCUT2D eigenvalue weighted by atomic mass is 10.0. The Balaban J connectivity index is 2.79. The lowest BCUT2D eigenvalue weighted by Gasteiger charge is -2.18. The van der Waals surface area contributed by atoms with E-state index in [1.165, 1.54) is 13.2 Å². The fraction of sp³-hybridized carbons (Fsp3) is 0.571. The van der Waals surface area contributed by atoms with Crippen LogP contribution in [0.15, 0.2) is 12.3 Å². The van der Waals surface area contributed by atoms with Crippen LogP contribution in [0, 0.1) is 5.92 Å². The number of nitrogen functional groups attached to an aromatic ring is 1. The van der Waals surface area contributed by atoms with Crippen LogP contribution in [-0.2, 0) is 4.74 Å². The molecule has 0 saturated carbocycles. The van der Waals surface area contributed by atoms with Crippen molar-refractivity contribution in [2.45, 2.75) is 39.7 Å². The SMILES string of the molecule is COC(=O)c1cc(N)ncc1NC(C)CCC(C)C. The van der Waals surface area contributed by atoms with Crippen LogP contribution >= 0.6 is 0 Å². The van der Waals surface area contributed by atoms with Gasteiger partial charge in [0.1, 0.15) is 5.82 Å². The van der Waals surface area contributed by atoms with Gasteiger partial charge in [0.15, 0.2) is 0 Å². The predicted octanol–water partition coefficient (Wildman–Crippen LogP) is 2.69. The summed E-state index contributed by atoms with van der Waals surface area (Å²) in [7, 11) is 1.35. The highest BCUT2D eigenvalue weighted by Crippen LogP contribution is 2.20. The number of hydrogen-bond donors (Lipinski definition) is 2. The second kappa shape index (κ2) is 6.97. The van der Waals surface area contributed by atoms with Crippen LogP contribution in [0.3, 0.4) is 0 Å². The van der Waals surface area contributed by atoms with Crippen molar-refractivity contribution in [3.05, 3.63) is 17.8 Å². The highest BCUT2D eigenvalue weighted by molar-refractivity contribution is 5.96. The van der Waals surface area contributed by atoms with E-state index >= 15 is 0 Å². The highest BCUT2D eigenvalue weighted by atomic mass is 16.5. The molecule has 1 atom stereocenters. The van der Waals surface area contributed by atoms with E-state index in [0.29, 0.717) is 23.0 Å². The lowest BCUT2D eigenvalue weighted by Crippen LogP contribution is -2.19. The largest absolute Gasteiger partial charge is 0.465 e. The van der Waals surface area contributed by atoms with Crippen molar-refractivity contribution in [3.63, 3.8) is 0 Å². The van der Waals surface area contributed by atoms with Gasteiger partial charge in [-0.05, 0) is 31.7 Å². The fourth-order valence-electron chi connectivity index (χ4n) is 1.79. The van der Waals surface area contributed by atoms with Gasteiger partial charge in [-0.3, -0.25) is 0 Å². The Labute approximate surface area is 114 Å². The Hall–Kier alpha value is -1.78. The van der Waals surface area contributed by atoms with E-state index in [2.05, 4.69) is 31.1 Å². The average Bonchev–Trinajstić information content (AvgIpc) is 2.37. The maximum Gasteiger partial charge on any atom is 0.340 e. The average molecular weight is 265 g/mol. The Morgan fingerprint density at radius 2 is 2.11 bits per heavy atom. The van der Waals surface area contributed by atoms with Crippen LogP contribution in [0.5, 0.6) is 0 Å². The number of pyridine rings is 1. The molecule has 0 saturated heterocycles. The number of esters is 1. The number of carbonyl (C=O) groups is 1. The molecule has 5 nitrogen and oxygen atoms in total. The Kier molecular flexibility index (Phi) is 5.60. The summed E-state index contributed by atoms with van der Waals surface area (Å²) >= 11 is 0. The normalized spacial score (nSPS) is 12.3. The zero-order valence-electron chi connectivity index (χ0n) is 12.1. The van der Waals surface area contributed by atoms with E-state index < -0.39 is 5.97 Å². The van der Waals surface area contributed by atoms with Gasteiger partial charge in [0.05, 0.1) is 24.6 Å². The molecule has 0 spiro atoms. The van der Waals surface area contributed by atoms with Crippen LogP contribution in [0.2, 0.25) is 0 Å². The summed E-state index contributed by atoms with van der Waals surface area (Å²) in [6.07, 6.45) is 3.74. The molecule has 1 aromatic rings. The summed E-state index contributed by atoms with van der Waals surface area (Å²) in [4.78, 5) is 15.7. The predicted molar refractivity (Wildman–Crippen MR) is 77.1 cm³/mol. The first-order valence-electron chi connectivity index (χ1n) is 6.54. The van der Waals surface area contributed by atoms with Gasteiger partial charge in [0, 0.05) is 6.04 Å². The van der Waals surface area contributed by atoms with E-state index in [4.69, 9.17) is 10.5 Å². The summed E-state index contributed by atoms with van der Waals surface area (Å²) in [6, 6.07) is 1.79. The lowest BCUT2D eigenvalue weighted by molar-refractivity contribution is 0.0601. The van der Waals surface area contributed by atoms with Crippen molar-refractivity contribution in [1.82, 2.24) is 4.98 Å². The van der Waals surface area contributed by atoms with Crippen molar-refractivity contribution in [3.8, 4) is 0 Å². The maximum atomic E-state index is 11.7. The van der Waals surface area contributed by atoms with Gasteiger partial charge in [0.2, 0.25) is 0 Å². The number of nitrogens with one attached hydrogen (secondary N) is 1.